The summed E-state index contributed by atoms with van der Waals surface area (Å²) in [6.07, 6.45) is 21.2. The number of rotatable bonds is 2. The molecule has 0 aliphatic heterocycles. The Morgan fingerprint density at radius 2 is 0.864 bits per heavy atom. The molecule has 0 spiro atoms. The first-order valence-corrected chi connectivity index (χ1v) is 13.4. The van der Waals surface area contributed by atoms with Crippen molar-refractivity contribution in [2.45, 2.75) is 0 Å². The zero-order chi connectivity index (χ0) is 31.1. The van der Waals surface area contributed by atoms with Gasteiger partial charge in [-0.1, -0.05) is 109 Å². The molecule has 204 valence electrons. The van der Waals surface area contributed by atoms with Crippen molar-refractivity contribution < 1.29 is 9.59 Å². The monoisotopic (exact) mass is 564 g/mol. The van der Waals surface area contributed by atoms with E-state index in [9.17, 15) is 30.6 Å². The van der Waals surface area contributed by atoms with E-state index in [-0.39, 0.29) is 33.9 Å². The molecule has 3 aliphatic rings. The smallest absolute Gasteiger partial charge is 0.194 e. The molecule has 2 aromatic rings. The summed E-state index contributed by atoms with van der Waals surface area (Å²) in [4.78, 5) is 26.6. The summed E-state index contributed by atoms with van der Waals surface area (Å²) in [5, 5.41) is 38.3. The van der Waals surface area contributed by atoms with Crippen LogP contribution in [-0.2, 0) is 0 Å². The largest absolute Gasteiger partial charge is 0.289 e. The Kier molecular flexibility index (Phi) is 8.31. The third-order valence-corrected chi connectivity index (χ3v) is 7.08. The Bertz CT molecular complexity index is 1940. The van der Waals surface area contributed by atoms with Crippen LogP contribution in [0.3, 0.4) is 0 Å². The lowest BCUT2D eigenvalue weighted by Crippen LogP contribution is -1.96. The molecule has 0 unspecified atom stereocenters. The van der Waals surface area contributed by atoms with Crippen LogP contribution in [0.4, 0.5) is 0 Å². The van der Waals surface area contributed by atoms with Gasteiger partial charge in [0, 0.05) is 33.4 Å². The molecule has 44 heavy (non-hydrogen) atoms. The molecule has 2 aromatic carbocycles. The summed E-state index contributed by atoms with van der Waals surface area (Å²) in [5.74, 6) is -0.515. The van der Waals surface area contributed by atoms with Gasteiger partial charge in [-0.3, -0.25) is 9.59 Å². The molecule has 0 bridgehead atoms. The second kappa shape index (κ2) is 12.8. The van der Waals surface area contributed by atoms with Crippen LogP contribution >= 0.6 is 0 Å². The summed E-state index contributed by atoms with van der Waals surface area (Å²) >= 11 is 0. The number of ketones is 2. The third kappa shape index (κ3) is 5.39. The van der Waals surface area contributed by atoms with E-state index in [4.69, 9.17) is 0 Å². The van der Waals surface area contributed by atoms with Crippen molar-refractivity contribution >= 4 is 22.7 Å². The molecule has 0 saturated carbocycles. The number of hydrogen-bond donors (Lipinski definition) is 0. The second-order valence-electron chi connectivity index (χ2n) is 9.63. The van der Waals surface area contributed by atoms with E-state index in [0.717, 1.165) is 0 Å². The zero-order valence-corrected chi connectivity index (χ0v) is 23.2. The normalized spacial score (nSPS) is 22.3. The Labute approximate surface area is 254 Å². The Balaban J connectivity index is 1.51. The standard InChI is InChI=1S/C38H20N4O2/c39-21-27(22-40)35-29-15-7-9-17-31(29)37(43)33(35)19-25-11-3-1-4-12-26(14-6-2-5-13-25)20-34-36(28(23-41)24-42)30-16-8-10-18-32(30)38(34)44/h1-20H/b3-1-,4-1?,5-2?,6-2-,11-3?,12-4-,13-5-,14-6?,25-11+,25-13?,26-12?,26-14+,33-19-,34-20-. The van der Waals surface area contributed by atoms with Crippen molar-refractivity contribution in [3.8, 4) is 24.3 Å². The average Bonchev–Trinajstić information content (AvgIpc) is 3.47. The van der Waals surface area contributed by atoms with Gasteiger partial charge in [-0.05, 0) is 34.4 Å². The zero-order valence-electron chi connectivity index (χ0n) is 23.2. The molecular formula is C38H20N4O2. The molecule has 0 saturated heterocycles. The molecule has 0 radical (unpaired) electrons. The minimum absolute atomic E-state index is 0.129. The summed E-state index contributed by atoms with van der Waals surface area (Å²) in [7, 11) is 0. The predicted molar refractivity (Wildman–Crippen MR) is 167 cm³/mol. The van der Waals surface area contributed by atoms with Crippen LogP contribution in [0.1, 0.15) is 31.8 Å². The minimum Gasteiger partial charge on any atom is -0.289 e. The van der Waals surface area contributed by atoms with Gasteiger partial charge >= 0.3 is 0 Å². The molecule has 0 aromatic heterocycles. The molecule has 0 N–H and O–H groups in total. The number of carbonyl (C=O) groups is 2. The van der Waals surface area contributed by atoms with Crippen LogP contribution in [-0.4, -0.2) is 11.6 Å². The van der Waals surface area contributed by atoms with Gasteiger partial charge in [0.15, 0.2) is 11.6 Å². The maximum atomic E-state index is 13.3. The number of benzene rings is 2. The Morgan fingerprint density at radius 1 is 0.500 bits per heavy atom. The van der Waals surface area contributed by atoms with Gasteiger partial charge < -0.3 is 0 Å². The fraction of sp³-hybridized carbons (Fsp3) is 0. The maximum absolute atomic E-state index is 13.3. The highest BCUT2D eigenvalue weighted by molar-refractivity contribution is 6.28. The fourth-order valence-corrected chi connectivity index (χ4v) is 5.13. The predicted octanol–water partition coefficient (Wildman–Crippen LogP) is 7.32. The molecule has 6 heteroatoms. The van der Waals surface area contributed by atoms with Crippen LogP contribution in [0.2, 0.25) is 0 Å². The summed E-state index contributed by atoms with van der Waals surface area (Å²) in [5.41, 5.74) is 4.27. The summed E-state index contributed by atoms with van der Waals surface area (Å²) in [6, 6.07) is 21.5. The van der Waals surface area contributed by atoms with Crippen molar-refractivity contribution in [1.82, 2.24) is 0 Å². The summed E-state index contributed by atoms with van der Waals surface area (Å²) < 4.78 is 0. The summed E-state index contributed by atoms with van der Waals surface area (Å²) in [6.45, 7) is 0. The van der Waals surface area contributed by atoms with Crippen molar-refractivity contribution in [3.05, 3.63) is 177 Å². The van der Waals surface area contributed by atoms with E-state index < -0.39 is 0 Å². The number of fused-ring (bicyclic) bond motifs is 2. The van der Waals surface area contributed by atoms with Crippen LogP contribution in [0.15, 0.2) is 155 Å². The van der Waals surface area contributed by atoms with Gasteiger partial charge in [0.1, 0.15) is 35.4 Å². The number of carbonyl (C=O) groups excluding carboxylic acids is 2. The molecule has 0 heterocycles. The van der Waals surface area contributed by atoms with Gasteiger partial charge in [-0.2, -0.15) is 21.0 Å². The van der Waals surface area contributed by atoms with Gasteiger partial charge in [0.2, 0.25) is 0 Å². The van der Waals surface area contributed by atoms with Gasteiger partial charge in [0.05, 0.1) is 0 Å². The number of hydrogen-bond acceptors (Lipinski definition) is 6. The molecule has 6 nitrogen and oxygen atoms in total. The van der Waals surface area contributed by atoms with Crippen LogP contribution in [0.5, 0.6) is 0 Å². The molecule has 0 fully saturated rings. The van der Waals surface area contributed by atoms with E-state index in [0.29, 0.717) is 44.5 Å². The number of nitriles is 4. The van der Waals surface area contributed by atoms with Crippen LogP contribution in [0, 0.1) is 45.3 Å². The average molecular weight is 565 g/mol. The lowest BCUT2D eigenvalue weighted by atomic mass is 9.97. The first kappa shape index (κ1) is 28.7. The quantitative estimate of drug-likeness (QED) is 0.277. The fourth-order valence-electron chi connectivity index (χ4n) is 5.13. The number of allylic oxidation sites excluding steroid dienone is 20. The minimum atomic E-state index is -0.257. The molecular weight excluding hydrogens is 544 g/mol. The molecule has 0 atom stereocenters. The van der Waals surface area contributed by atoms with Crippen molar-refractivity contribution in [2.24, 2.45) is 0 Å². The molecule has 5 rings (SSSR count). The van der Waals surface area contributed by atoms with E-state index in [1.807, 2.05) is 24.3 Å². The van der Waals surface area contributed by atoms with E-state index in [2.05, 4.69) is 0 Å². The van der Waals surface area contributed by atoms with Crippen LogP contribution in [0.25, 0.3) is 11.1 Å². The lowest BCUT2D eigenvalue weighted by molar-refractivity contribution is 0.103. The highest BCUT2D eigenvalue weighted by atomic mass is 16.1. The van der Waals surface area contributed by atoms with Crippen molar-refractivity contribution in [2.75, 3.05) is 0 Å². The number of nitrogens with zero attached hydrogens (tertiary/aromatic N) is 4. The van der Waals surface area contributed by atoms with Crippen LogP contribution < -0.4 is 0 Å². The second-order valence-corrected chi connectivity index (χ2v) is 9.63. The third-order valence-electron chi connectivity index (χ3n) is 7.08. The van der Waals surface area contributed by atoms with Gasteiger partial charge in [-0.15, -0.1) is 0 Å². The highest BCUT2D eigenvalue weighted by Gasteiger charge is 2.33. The Morgan fingerprint density at radius 3 is 1.23 bits per heavy atom. The van der Waals surface area contributed by atoms with Gasteiger partial charge in [-0.25, -0.2) is 0 Å². The number of Topliss-reactive ketones (excluding diaryl/α,β-unsaturated/α-hetero) is 2. The SMILES string of the molecule is N#CC(C#N)=C1/C(=C/C2=C/C=C\C=C/C(/C=C3\C(=O)c4ccccc4C3=C(C#N)C#N)=C\C=C/C=C\2)C(=O)c2ccccc21. The Hall–Kier alpha value is -6.86. The first-order chi connectivity index (χ1) is 21.5. The van der Waals surface area contributed by atoms with Gasteiger partial charge in [0.25, 0.3) is 0 Å². The molecule has 0 amide bonds. The van der Waals surface area contributed by atoms with E-state index in [1.54, 1.807) is 121 Å². The first-order valence-electron chi connectivity index (χ1n) is 13.4. The van der Waals surface area contributed by atoms with E-state index in [1.165, 1.54) is 0 Å². The topological polar surface area (TPSA) is 129 Å². The van der Waals surface area contributed by atoms with Crippen molar-refractivity contribution in [1.29, 1.82) is 21.0 Å². The highest BCUT2D eigenvalue weighted by Crippen LogP contribution is 2.40. The maximum Gasteiger partial charge on any atom is 0.194 e. The molecule has 3 aliphatic carbocycles. The lowest BCUT2D eigenvalue weighted by Gasteiger charge is -2.03. The van der Waals surface area contributed by atoms with E-state index >= 15 is 0 Å². The van der Waals surface area contributed by atoms with Crippen molar-refractivity contribution in [3.63, 3.8) is 0 Å².